The second-order valence-electron chi connectivity index (χ2n) is 3.80. The van der Waals surface area contributed by atoms with Crippen LogP contribution in [0.25, 0.3) is 11.0 Å². The van der Waals surface area contributed by atoms with Gasteiger partial charge in [0.2, 0.25) is 0 Å². The molecule has 0 aliphatic rings. The quantitative estimate of drug-likeness (QED) is 0.833. The minimum absolute atomic E-state index is 0.0722. The number of halogens is 2. The summed E-state index contributed by atoms with van der Waals surface area (Å²) < 4.78 is 19.7. The number of furan rings is 1. The smallest absolute Gasteiger partial charge is 0.161 e. The summed E-state index contributed by atoms with van der Waals surface area (Å²) in [5.74, 6) is -0.0722. The Bertz CT molecular complexity index is 485. The first-order valence-electron chi connectivity index (χ1n) is 5.07. The van der Waals surface area contributed by atoms with Crippen molar-refractivity contribution < 1.29 is 8.81 Å². The topological polar surface area (TPSA) is 25.2 Å². The third kappa shape index (κ3) is 1.93. The maximum absolute atomic E-state index is 14.5. The molecule has 2 nitrogen and oxygen atoms in total. The van der Waals surface area contributed by atoms with Gasteiger partial charge in [-0.1, -0.05) is 6.07 Å². The SMILES string of the molecule is CNCC(F)(CCl)c1ccc2occc2c1. The highest BCUT2D eigenvalue weighted by atomic mass is 35.5. The van der Waals surface area contributed by atoms with Crippen molar-refractivity contribution in [2.45, 2.75) is 5.67 Å². The molecule has 0 saturated carbocycles. The number of fused-ring (bicyclic) bond motifs is 1. The zero-order valence-corrected chi connectivity index (χ0v) is 9.72. The van der Waals surface area contributed by atoms with Crippen molar-refractivity contribution >= 4 is 22.6 Å². The number of benzene rings is 1. The molecule has 0 bridgehead atoms. The molecule has 86 valence electrons. The monoisotopic (exact) mass is 241 g/mol. The average molecular weight is 242 g/mol. The fourth-order valence-electron chi connectivity index (χ4n) is 1.75. The van der Waals surface area contributed by atoms with E-state index >= 15 is 0 Å². The van der Waals surface area contributed by atoms with Crippen LogP contribution in [-0.2, 0) is 5.67 Å². The molecule has 4 heteroatoms. The molecular weight excluding hydrogens is 229 g/mol. The molecule has 1 N–H and O–H groups in total. The summed E-state index contributed by atoms with van der Waals surface area (Å²) in [6.45, 7) is 0.194. The van der Waals surface area contributed by atoms with E-state index in [1.165, 1.54) is 0 Å². The van der Waals surface area contributed by atoms with Crippen LogP contribution < -0.4 is 5.32 Å². The van der Waals surface area contributed by atoms with Crippen LogP contribution in [0.4, 0.5) is 4.39 Å². The van der Waals surface area contributed by atoms with Crippen molar-refractivity contribution in [1.82, 2.24) is 5.32 Å². The first kappa shape index (κ1) is 11.4. The van der Waals surface area contributed by atoms with Gasteiger partial charge < -0.3 is 9.73 Å². The molecule has 0 aliphatic heterocycles. The van der Waals surface area contributed by atoms with Gasteiger partial charge in [0.1, 0.15) is 5.58 Å². The first-order chi connectivity index (χ1) is 7.69. The summed E-state index contributed by atoms with van der Waals surface area (Å²) in [6.07, 6.45) is 1.59. The molecule has 16 heavy (non-hydrogen) atoms. The van der Waals surface area contributed by atoms with Crippen molar-refractivity contribution in [2.24, 2.45) is 0 Å². The van der Waals surface area contributed by atoms with E-state index in [2.05, 4.69) is 5.32 Å². The molecule has 1 unspecified atom stereocenters. The lowest BCUT2D eigenvalue weighted by molar-refractivity contribution is 0.195. The van der Waals surface area contributed by atoms with E-state index in [9.17, 15) is 4.39 Å². The van der Waals surface area contributed by atoms with E-state index in [4.69, 9.17) is 16.0 Å². The molecule has 1 aromatic heterocycles. The van der Waals surface area contributed by atoms with Gasteiger partial charge in [-0.05, 0) is 30.8 Å². The molecule has 2 rings (SSSR count). The number of alkyl halides is 2. The predicted molar refractivity (Wildman–Crippen MR) is 63.6 cm³/mol. The Hall–Kier alpha value is -1.06. The fraction of sp³-hybridized carbons (Fsp3) is 0.333. The van der Waals surface area contributed by atoms with Gasteiger partial charge in [-0.15, -0.1) is 11.6 Å². The Morgan fingerprint density at radius 2 is 2.25 bits per heavy atom. The molecule has 0 aliphatic carbocycles. The highest BCUT2D eigenvalue weighted by Crippen LogP contribution is 2.29. The van der Waals surface area contributed by atoms with Gasteiger partial charge >= 0.3 is 0 Å². The Morgan fingerprint density at radius 1 is 1.44 bits per heavy atom. The summed E-state index contributed by atoms with van der Waals surface area (Å²) in [5, 5.41) is 3.71. The molecule has 0 saturated heterocycles. The van der Waals surface area contributed by atoms with Crippen molar-refractivity contribution in [1.29, 1.82) is 0 Å². The number of likely N-dealkylation sites (N-methyl/N-ethyl adjacent to an activating group) is 1. The number of rotatable bonds is 4. The van der Waals surface area contributed by atoms with Crippen molar-refractivity contribution in [2.75, 3.05) is 19.5 Å². The van der Waals surface area contributed by atoms with E-state index in [-0.39, 0.29) is 12.4 Å². The normalized spacial score (nSPS) is 15.2. The third-order valence-corrected chi connectivity index (χ3v) is 3.06. The van der Waals surface area contributed by atoms with E-state index in [1.54, 1.807) is 31.5 Å². The van der Waals surface area contributed by atoms with Gasteiger partial charge in [0, 0.05) is 11.9 Å². The van der Waals surface area contributed by atoms with E-state index in [1.807, 2.05) is 6.07 Å². The van der Waals surface area contributed by atoms with Crippen LogP contribution in [0.3, 0.4) is 0 Å². The molecule has 0 fully saturated rings. The molecule has 1 aromatic carbocycles. The third-order valence-electron chi connectivity index (χ3n) is 2.64. The summed E-state index contributed by atoms with van der Waals surface area (Å²) in [6, 6.07) is 7.07. The zero-order chi connectivity index (χ0) is 11.6. The van der Waals surface area contributed by atoms with Gasteiger partial charge in [-0.2, -0.15) is 0 Å². The fourth-order valence-corrected chi connectivity index (χ4v) is 2.00. The lowest BCUT2D eigenvalue weighted by atomic mass is 9.96. The Balaban J connectivity index is 2.44. The minimum atomic E-state index is -1.54. The van der Waals surface area contributed by atoms with Crippen LogP contribution >= 0.6 is 11.6 Å². The molecule has 0 amide bonds. The maximum atomic E-state index is 14.5. The molecule has 0 radical (unpaired) electrons. The lowest BCUT2D eigenvalue weighted by Crippen LogP contribution is -2.34. The summed E-state index contributed by atoms with van der Waals surface area (Å²) in [4.78, 5) is 0. The van der Waals surface area contributed by atoms with Crippen molar-refractivity contribution in [3.8, 4) is 0 Å². The highest BCUT2D eigenvalue weighted by molar-refractivity contribution is 6.18. The van der Waals surface area contributed by atoms with Crippen LogP contribution in [0.5, 0.6) is 0 Å². The van der Waals surface area contributed by atoms with Gasteiger partial charge in [0.15, 0.2) is 5.67 Å². The Labute approximate surface area is 98.4 Å². The molecule has 1 atom stereocenters. The summed E-state index contributed by atoms with van der Waals surface area (Å²) >= 11 is 5.71. The van der Waals surface area contributed by atoms with E-state index in [0.29, 0.717) is 5.56 Å². The number of nitrogens with one attached hydrogen (secondary N) is 1. The van der Waals surface area contributed by atoms with Gasteiger partial charge in [-0.3, -0.25) is 0 Å². The van der Waals surface area contributed by atoms with E-state index in [0.717, 1.165) is 11.0 Å². The standard InChI is InChI=1S/C12H13ClFNO/c1-15-8-12(14,7-13)10-2-3-11-9(6-10)4-5-16-11/h2-6,15H,7-8H2,1H3. The molecule has 0 spiro atoms. The van der Waals surface area contributed by atoms with Crippen molar-refractivity contribution in [3.05, 3.63) is 36.1 Å². The largest absolute Gasteiger partial charge is 0.464 e. The van der Waals surface area contributed by atoms with Crippen LogP contribution in [0, 0.1) is 0 Å². The van der Waals surface area contributed by atoms with Crippen LogP contribution in [0.15, 0.2) is 34.9 Å². The van der Waals surface area contributed by atoms with Gasteiger partial charge in [-0.25, -0.2) is 4.39 Å². The highest BCUT2D eigenvalue weighted by Gasteiger charge is 2.30. The molecule has 1 heterocycles. The maximum Gasteiger partial charge on any atom is 0.161 e. The minimum Gasteiger partial charge on any atom is -0.464 e. The predicted octanol–water partition coefficient (Wildman–Crippen LogP) is 3.06. The Morgan fingerprint density at radius 3 is 2.94 bits per heavy atom. The Kier molecular flexibility index (Phi) is 3.17. The van der Waals surface area contributed by atoms with Gasteiger partial charge in [0.05, 0.1) is 12.1 Å². The lowest BCUT2D eigenvalue weighted by Gasteiger charge is -2.22. The second-order valence-corrected chi connectivity index (χ2v) is 4.07. The van der Waals surface area contributed by atoms with Gasteiger partial charge in [0.25, 0.3) is 0 Å². The summed E-state index contributed by atoms with van der Waals surface area (Å²) in [7, 11) is 1.71. The zero-order valence-electron chi connectivity index (χ0n) is 8.97. The first-order valence-corrected chi connectivity index (χ1v) is 5.60. The van der Waals surface area contributed by atoms with Crippen LogP contribution in [0.2, 0.25) is 0 Å². The average Bonchev–Trinajstić information content (AvgIpc) is 2.76. The number of hydrogen-bond donors (Lipinski definition) is 1. The van der Waals surface area contributed by atoms with Crippen molar-refractivity contribution in [3.63, 3.8) is 0 Å². The molecular formula is C12H13ClFNO. The van der Waals surface area contributed by atoms with Crippen LogP contribution in [-0.4, -0.2) is 19.5 Å². The summed E-state index contributed by atoms with van der Waals surface area (Å²) in [5.41, 5.74) is -0.210. The van der Waals surface area contributed by atoms with Crippen LogP contribution in [0.1, 0.15) is 5.56 Å². The molecule has 2 aromatic rings. The number of hydrogen-bond acceptors (Lipinski definition) is 2. The van der Waals surface area contributed by atoms with E-state index < -0.39 is 5.67 Å². The second kappa shape index (κ2) is 4.44.